The van der Waals surface area contributed by atoms with Crippen LogP contribution < -0.4 is 0 Å². The highest BCUT2D eigenvalue weighted by Crippen LogP contribution is 2.17. The van der Waals surface area contributed by atoms with Gasteiger partial charge in [0.1, 0.15) is 0 Å². The quantitative estimate of drug-likeness (QED) is 0.508. The maximum atomic E-state index is 10.4. The molecule has 0 saturated heterocycles. The van der Waals surface area contributed by atoms with Gasteiger partial charge in [0.15, 0.2) is 0 Å². The zero-order valence-corrected chi connectivity index (χ0v) is 7.36. The summed E-state index contributed by atoms with van der Waals surface area (Å²) in [4.78, 5) is 10.4. The normalized spacial score (nSPS) is 12.1. The third kappa shape index (κ3) is 3.88. The van der Waals surface area contributed by atoms with Gasteiger partial charge in [-0.05, 0) is 6.92 Å². The van der Waals surface area contributed by atoms with Gasteiger partial charge in [0, 0.05) is 16.6 Å². The smallest absolute Gasteiger partial charge is 0.332 e. The summed E-state index contributed by atoms with van der Waals surface area (Å²) in [6.07, 6.45) is 1.75. The second-order valence-corrected chi connectivity index (χ2v) is 3.47. The Bertz CT molecular complexity index is 175. The molecule has 1 N–H and O–H groups in total. The van der Waals surface area contributed by atoms with Crippen LogP contribution in [0.1, 0.15) is 6.92 Å². The molecule has 1 atom stereocenters. The molecule has 0 radical (unpaired) electrons. The standard InChI is InChI=1S/C8H12O2S/c1-4-5-11-7(3)6(2)8(9)10/h4,7H,1-2,5H2,3H3,(H,9,10). The van der Waals surface area contributed by atoms with E-state index < -0.39 is 5.97 Å². The Balaban J connectivity index is 3.82. The molecule has 0 aromatic heterocycles. The Morgan fingerprint density at radius 2 is 2.36 bits per heavy atom. The maximum Gasteiger partial charge on any atom is 0.332 e. The number of carboxylic acid groups (broad SMARTS) is 1. The molecule has 0 aliphatic rings. The average Bonchev–Trinajstić information content (AvgIpc) is 1.98. The molecule has 11 heavy (non-hydrogen) atoms. The molecule has 0 rings (SSSR count). The van der Waals surface area contributed by atoms with Crippen molar-refractivity contribution in [1.82, 2.24) is 0 Å². The van der Waals surface area contributed by atoms with Crippen molar-refractivity contribution >= 4 is 17.7 Å². The first kappa shape index (κ1) is 10.3. The average molecular weight is 172 g/mol. The molecular formula is C8H12O2S. The molecule has 1 unspecified atom stereocenters. The summed E-state index contributed by atoms with van der Waals surface area (Å²) < 4.78 is 0. The van der Waals surface area contributed by atoms with Crippen LogP contribution in [0.5, 0.6) is 0 Å². The van der Waals surface area contributed by atoms with E-state index in [-0.39, 0.29) is 10.8 Å². The highest BCUT2D eigenvalue weighted by molar-refractivity contribution is 8.00. The van der Waals surface area contributed by atoms with Crippen molar-refractivity contribution in [1.29, 1.82) is 0 Å². The van der Waals surface area contributed by atoms with Gasteiger partial charge in [-0.15, -0.1) is 18.3 Å². The highest BCUT2D eigenvalue weighted by Gasteiger charge is 2.12. The Hall–Kier alpha value is -0.700. The third-order valence-corrected chi connectivity index (χ3v) is 2.44. The van der Waals surface area contributed by atoms with Gasteiger partial charge >= 0.3 is 5.97 Å². The molecule has 0 aromatic carbocycles. The van der Waals surface area contributed by atoms with Crippen LogP contribution in [0.4, 0.5) is 0 Å². The van der Waals surface area contributed by atoms with Crippen LogP contribution in [0.25, 0.3) is 0 Å². The van der Waals surface area contributed by atoms with Crippen LogP contribution in [0.15, 0.2) is 24.8 Å². The fourth-order valence-electron chi connectivity index (χ4n) is 0.487. The van der Waals surface area contributed by atoms with Crippen LogP contribution in [-0.4, -0.2) is 22.1 Å². The van der Waals surface area contributed by atoms with E-state index in [1.165, 1.54) is 11.8 Å². The molecule has 0 fully saturated rings. The molecule has 0 amide bonds. The summed E-state index contributed by atoms with van der Waals surface area (Å²) in [6, 6.07) is 0. The number of hydrogen-bond acceptors (Lipinski definition) is 2. The van der Waals surface area contributed by atoms with Crippen molar-refractivity contribution in [2.45, 2.75) is 12.2 Å². The molecule has 2 nitrogen and oxygen atoms in total. The molecular weight excluding hydrogens is 160 g/mol. The van der Waals surface area contributed by atoms with Crippen molar-refractivity contribution < 1.29 is 9.90 Å². The first-order valence-electron chi connectivity index (χ1n) is 3.24. The van der Waals surface area contributed by atoms with E-state index in [9.17, 15) is 4.79 Å². The molecule has 0 heterocycles. The van der Waals surface area contributed by atoms with Gasteiger partial charge in [0.2, 0.25) is 0 Å². The summed E-state index contributed by atoms with van der Waals surface area (Å²) in [6.45, 7) is 8.82. The van der Waals surface area contributed by atoms with Crippen molar-refractivity contribution in [2.75, 3.05) is 5.75 Å². The van der Waals surface area contributed by atoms with Crippen molar-refractivity contribution in [3.05, 3.63) is 24.8 Å². The lowest BCUT2D eigenvalue weighted by molar-refractivity contribution is -0.132. The zero-order chi connectivity index (χ0) is 8.85. The first-order valence-corrected chi connectivity index (χ1v) is 4.29. The molecule has 0 aliphatic heterocycles. The van der Waals surface area contributed by atoms with E-state index >= 15 is 0 Å². The SMILES string of the molecule is C=CCSC(C)C(=C)C(=O)O. The van der Waals surface area contributed by atoms with Gasteiger partial charge in [-0.1, -0.05) is 12.7 Å². The minimum Gasteiger partial charge on any atom is -0.478 e. The third-order valence-electron chi connectivity index (χ3n) is 1.23. The van der Waals surface area contributed by atoms with Gasteiger partial charge in [-0.25, -0.2) is 4.79 Å². The minimum atomic E-state index is -0.922. The lowest BCUT2D eigenvalue weighted by Gasteiger charge is -2.08. The Kier molecular flexibility index (Phi) is 4.70. The first-order chi connectivity index (χ1) is 5.09. The Labute approximate surface area is 71.0 Å². The summed E-state index contributed by atoms with van der Waals surface area (Å²) in [5.41, 5.74) is 0.247. The van der Waals surface area contributed by atoms with E-state index in [0.717, 1.165) is 5.75 Å². The summed E-state index contributed by atoms with van der Waals surface area (Å²) in [7, 11) is 0. The number of aliphatic carboxylic acids is 1. The number of hydrogen-bond donors (Lipinski definition) is 1. The lowest BCUT2D eigenvalue weighted by atomic mass is 10.2. The predicted molar refractivity (Wildman–Crippen MR) is 48.9 cm³/mol. The fourth-order valence-corrected chi connectivity index (χ4v) is 1.21. The van der Waals surface area contributed by atoms with E-state index in [0.29, 0.717) is 0 Å². The number of carbonyl (C=O) groups is 1. The molecule has 0 saturated carbocycles. The largest absolute Gasteiger partial charge is 0.478 e. The number of thioether (sulfide) groups is 1. The van der Waals surface area contributed by atoms with Crippen LogP contribution >= 0.6 is 11.8 Å². The van der Waals surface area contributed by atoms with E-state index in [4.69, 9.17) is 5.11 Å². The second-order valence-electron chi connectivity index (χ2n) is 2.09. The fraction of sp³-hybridized carbons (Fsp3) is 0.375. The van der Waals surface area contributed by atoms with Crippen LogP contribution in [0.2, 0.25) is 0 Å². The van der Waals surface area contributed by atoms with Crippen LogP contribution in [0.3, 0.4) is 0 Å². The van der Waals surface area contributed by atoms with Gasteiger partial charge in [-0.2, -0.15) is 0 Å². The minimum absolute atomic E-state index is 0.0366. The summed E-state index contributed by atoms with van der Waals surface area (Å²) >= 11 is 1.51. The molecule has 62 valence electrons. The van der Waals surface area contributed by atoms with Gasteiger partial charge < -0.3 is 5.11 Å². The Morgan fingerprint density at radius 1 is 1.82 bits per heavy atom. The number of carboxylic acids is 1. The molecule has 0 spiro atoms. The van der Waals surface area contributed by atoms with Crippen molar-refractivity contribution in [3.63, 3.8) is 0 Å². The monoisotopic (exact) mass is 172 g/mol. The Morgan fingerprint density at radius 3 is 2.73 bits per heavy atom. The van der Waals surface area contributed by atoms with Crippen molar-refractivity contribution in [2.24, 2.45) is 0 Å². The van der Waals surface area contributed by atoms with E-state index in [2.05, 4.69) is 13.2 Å². The second kappa shape index (κ2) is 5.02. The molecule has 0 aliphatic carbocycles. The maximum absolute atomic E-state index is 10.4. The molecule has 3 heteroatoms. The van der Waals surface area contributed by atoms with Gasteiger partial charge in [0.25, 0.3) is 0 Å². The highest BCUT2D eigenvalue weighted by atomic mass is 32.2. The zero-order valence-electron chi connectivity index (χ0n) is 6.54. The topological polar surface area (TPSA) is 37.3 Å². The summed E-state index contributed by atoms with van der Waals surface area (Å²) in [5, 5.41) is 8.48. The van der Waals surface area contributed by atoms with E-state index in [1.807, 2.05) is 6.92 Å². The van der Waals surface area contributed by atoms with Crippen LogP contribution in [-0.2, 0) is 4.79 Å². The van der Waals surface area contributed by atoms with Gasteiger partial charge in [0.05, 0.1) is 0 Å². The predicted octanol–water partition coefficient (Wildman–Crippen LogP) is 1.93. The molecule has 0 aromatic rings. The van der Waals surface area contributed by atoms with Gasteiger partial charge in [-0.3, -0.25) is 0 Å². The summed E-state index contributed by atoms with van der Waals surface area (Å²) in [5.74, 6) is -0.165. The molecule has 0 bridgehead atoms. The van der Waals surface area contributed by atoms with Crippen molar-refractivity contribution in [3.8, 4) is 0 Å². The number of rotatable bonds is 5. The lowest BCUT2D eigenvalue weighted by Crippen LogP contribution is -2.10. The van der Waals surface area contributed by atoms with E-state index in [1.54, 1.807) is 6.08 Å². The van der Waals surface area contributed by atoms with Crippen LogP contribution in [0, 0.1) is 0 Å².